The highest BCUT2D eigenvalue weighted by Gasteiger charge is 2.60. The number of alkyl halides is 4. The van der Waals surface area contributed by atoms with Crippen LogP contribution in [0, 0.1) is 23.7 Å². The first-order valence-corrected chi connectivity index (χ1v) is 14.9. The lowest BCUT2D eigenvalue weighted by atomic mass is 9.82. The third-order valence-corrected chi connectivity index (χ3v) is 9.41. The van der Waals surface area contributed by atoms with E-state index in [0.29, 0.717) is 37.6 Å². The number of ketones is 1. The Morgan fingerprint density at radius 1 is 0.881 bits per heavy atom. The molecule has 3 atom stereocenters. The molecular formula is C33H40F4N2O3. The van der Waals surface area contributed by atoms with E-state index in [1.165, 1.54) is 31.2 Å². The highest BCUT2D eigenvalue weighted by molar-refractivity contribution is 5.89. The molecule has 1 aliphatic heterocycles. The fourth-order valence-electron chi connectivity index (χ4n) is 6.95. The topological polar surface area (TPSA) is 58.6 Å². The summed E-state index contributed by atoms with van der Waals surface area (Å²) in [5.74, 6) is -5.14. The summed E-state index contributed by atoms with van der Waals surface area (Å²) in [5, 5.41) is 2.70. The monoisotopic (exact) mass is 588 g/mol. The lowest BCUT2D eigenvalue weighted by Gasteiger charge is -2.36. The number of likely N-dealkylation sites (tertiary alicyclic amines) is 1. The van der Waals surface area contributed by atoms with Gasteiger partial charge >= 0.3 is 0 Å². The van der Waals surface area contributed by atoms with Crippen LogP contribution in [0.5, 0.6) is 5.75 Å². The minimum Gasteiger partial charge on any atom is -0.497 e. The number of hydrogen-bond acceptors (Lipinski definition) is 4. The Kier molecular flexibility index (Phi) is 8.70. The predicted molar refractivity (Wildman–Crippen MR) is 152 cm³/mol. The number of nitrogens with zero attached hydrogens (tertiary/aromatic N) is 1. The minimum atomic E-state index is -3.32. The number of rotatable bonds is 11. The molecule has 0 spiro atoms. The molecule has 1 heterocycles. The van der Waals surface area contributed by atoms with Crippen molar-refractivity contribution in [3.8, 4) is 5.75 Å². The van der Waals surface area contributed by atoms with Gasteiger partial charge in [-0.2, -0.15) is 0 Å². The number of piperidine rings is 1. The zero-order valence-electron chi connectivity index (χ0n) is 24.5. The van der Waals surface area contributed by atoms with Gasteiger partial charge in [0.1, 0.15) is 5.75 Å². The number of nitrogens with one attached hydrogen (secondary N) is 1. The van der Waals surface area contributed by atoms with Gasteiger partial charge in [-0.05, 0) is 91.3 Å². The van der Waals surface area contributed by atoms with E-state index in [4.69, 9.17) is 4.74 Å². The quantitative estimate of drug-likeness (QED) is 0.321. The van der Waals surface area contributed by atoms with Gasteiger partial charge in [-0.3, -0.25) is 14.5 Å². The Balaban J connectivity index is 1.04. The molecule has 1 saturated heterocycles. The molecule has 9 heteroatoms. The standard InChI is InChI=1S/C33H40F4N2O3/c1-32(34,35)23-13-22(14-24(16-23)33(2,36)37)15-26(40)17-38-31(41)30-28-18-39(19-29(28)30)25-8-4-20(5-9-25)12-21-6-10-27(42-3)11-7-21/h6-7,10-11,13-14,16,20,25,28-30H,4-5,8-9,12,15,17-19H2,1-3H3,(H,38,41)/t20?,25?,28-,29+,30?. The van der Waals surface area contributed by atoms with E-state index in [-0.39, 0.29) is 30.4 Å². The van der Waals surface area contributed by atoms with Crippen molar-refractivity contribution in [2.24, 2.45) is 23.7 Å². The molecule has 2 saturated carbocycles. The molecule has 1 amide bonds. The lowest BCUT2D eigenvalue weighted by Crippen LogP contribution is -2.40. The predicted octanol–water partition coefficient (Wildman–Crippen LogP) is 6.13. The Labute approximate surface area is 245 Å². The van der Waals surface area contributed by atoms with Crippen molar-refractivity contribution < 1.29 is 31.9 Å². The molecule has 2 aromatic carbocycles. The van der Waals surface area contributed by atoms with Crippen LogP contribution < -0.4 is 10.1 Å². The number of carbonyl (C=O) groups excluding carboxylic acids is 2. The number of ether oxygens (including phenoxy) is 1. The molecule has 228 valence electrons. The molecule has 1 N–H and O–H groups in total. The smallest absolute Gasteiger partial charge is 0.270 e. The van der Waals surface area contributed by atoms with Crippen LogP contribution in [-0.2, 0) is 34.3 Å². The average Bonchev–Trinajstić information content (AvgIpc) is 3.44. The van der Waals surface area contributed by atoms with Gasteiger partial charge in [0.2, 0.25) is 5.91 Å². The number of halogens is 4. The molecule has 42 heavy (non-hydrogen) atoms. The number of carbonyl (C=O) groups is 2. The molecule has 5 nitrogen and oxygen atoms in total. The molecule has 2 aromatic rings. The minimum absolute atomic E-state index is 0.0856. The fraction of sp³-hybridized carbons (Fsp3) is 0.576. The molecule has 3 aliphatic rings. The second kappa shape index (κ2) is 12.0. The largest absolute Gasteiger partial charge is 0.497 e. The van der Waals surface area contributed by atoms with Crippen LogP contribution in [-0.4, -0.2) is 49.4 Å². The third-order valence-electron chi connectivity index (χ3n) is 9.41. The van der Waals surface area contributed by atoms with Crippen LogP contribution in [0.1, 0.15) is 61.8 Å². The second-order valence-corrected chi connectivity index (χ2v) is 12.7. The van der Waals surface area contributed by atoms with Gasteiger partial charge in [-0.15, -0.1) is 0 Å². The Morgan fingerprint density at radius 2 is 1.45 bits per heavy atom. The van der Waals surface area contributed by atoms with Crippen LogP contribution in [0.15, 0.2) is 42.5 Å². The number of fused-ring (bicyclic) bond motifs is 1. The number of amides is 1. The normalized spacial score (nSPS) is 26.0. The number of methoxy groups -OCH3 is 1. The highest BCUT2D eigenvalue weighted by atomic mass is 19.3. The first kappa shape index (κ1) is 30.5. The van der Waals surface area contributed by atoms with Crippen LogP contribution in [0.4, 0.5) is 17.6 Å². The van der Waals surface area contributed by atoms with Crippen molar-refractivity contribution in [2.75, 3.05) is 26.7 Å². The summed E-state index contributed by atoms with van der Waals surface area (Å²) in [5.41, 5.74) is 0.309. The molecule has 1 unspecified atom stereocenters. The fourth-order valence-corrected chi connectivity index (χ4v) is 6.95. The summed E-state index contributed by atoms with van der Waals surface area (Å²) in [4.78, 5) is 27.9. The SMILES string of the molecule is COc1ccc(CC2CCC(N3C[C@@H]4C(C(=O)NCC(=O)Cc5cc(C(C)(F)F)cc(C(C)(F)F)c5)[C@@H]4C3)CC2)cc1. The number of hydrogen-bond donors (Lipinski definition) is 1. The van der Waals surface area contributed by atoms with Gasteiger partial charge in [-0.25, -0.2) is 17.6 Å². The highest BCUT2D eigenvalue weighted by Crippen LogP contribution is 2.53. The van der Waals surface area contributed by atoms with E-state index in [2.05, 4.69) is 22.3 Å². The molecule has 3 fully saturated rings. The Morgan fingerprint density at radius 3 is 1.98 bits per heavy atom. The van der Waals surface area contributed by atoms with Gasteiger partial charge in [0, 0.05) is 56.4 Å². The van der Waals surface area contributed by atoms with Crippen LogP contribution in [0.2, 0.25) is 0 Å². The summed E-state index contributed by atoms with van der Waals surface area (Å²) in [7, 11) is 1.68. The third kappa shape index (κ3) is 7.16. The molecule has 0 radical (unpaired) electrons. The van der Waals surface area contributed by atoms with E-state index in [1.54, 1.807) is 7.11 Å². The van der Waals surface area contributed by atoms with Crippen molar-refractivity contribution in [3.05, 3.63) is 64.7 Å². The van der Waals surface area contributed by atoms with Gasteiger partial charge in [0.15, 0.2) is 5.78 Å². The molecular weight excluding hydrogens is 548 g/mol. The van der Waals surface area contributed by atoms with Crippen molar-refractivity contribution in [1.82, 2.24) is 10.2 Å². The zero-order chi connectivity index (χ0) is 30.2. The van der Waals surface area contributed by atoms with Gasteiger partial charge in [-0.1, -0.05) is 12.1 Å². The van der Waals surface area contributed by atoms with E-state index >= 15 is 0 Å². The average molecular weight is 589 g/mol. The Hall–Kier alpha value is -2.94. The maximum atomic E-state index is 13.9. The number of Topliss-reactive ketones (excluding diaryl/α,β-unsaturated/α-hetero) is 1. The van der Waals surface area contributed by atoms with Crippen molar-refractivity contribution in [3.63, 3.8) is 0 Å². The van der Waals surface area contributed by atoms with Crippen molar-refractivity contribution in [1.29, 1.82) is 0 Å². The molecule has 5 rings (SSSR count). The van der Waals surface area contributed by atoms with E-state index < -0.39 is 28.8 Å². The molecule has 2 aliphatic carbocycles. The first-order chi connectivity index (χ1) is 19.8. The van der Waals surface area contributed by atoms with Gasteiger partial charge < -0.3 is 10.1 Å². The maximum Gasteiger partial charge on any atom is 0.270 e. The Bertz CT molecular complexity index is 1240. The first-order valence-electron chi connectivity index (χ1n) is 14.9. The molecule has 0 aromatic heterocycles. The van der Waals surface area contributed by atoms with Crippen molar-refractivity contribution >= 4 is 11.7 Å². The summed E-state index contributed by atoms with van der Waals surface area (Å²) in [6, 6.07) is 11.8. The van der Waals surface area contributed by atoms with Crippen LogP contribution >= 0.6 is 0 Å². The summed E-state index contributed by atoms with van der Waals surface area (Å²) in [6.07, 6.45) is 5.52. The van der Waals surface area contributed by atoms with Crippen LogP contribution in [0.3, 0.4) is 0 Å². The summed E-state index contributed by atoms with van der Waals surface area (Å²) < 4.78 is 60.7. The zero-order valence-corrected chi connectivity index (χ0v) is 24.5. The van der Waals surface area contributed by atoms with Crippen molar-refractivity contribution in [2.45, 2.75) is 70.3 Å². The second-order valence-electron chi connectivity index (χ2n) is 12.7. The number of benzene rings is 2. The summed E-state index contributed by atoms with van der Waals surface area (Å²) in [6.45, 7) is 2.82. The summed E-state index contributed by atoms with van der Waals surface area (Å²) >= 11 is 0. The lowest BCUT2D eigenvalue weighted by molar-refractivity contribution is -0.126. The van der Waals surface area contributed by atoms with Gasteiger partial charge in [0.05, 0.1) is 13.7 Å². The molecule has 0 bridgehead atoms. The van der Waals surface area contributed by atoms with Gasteiger partial charge in [0.25, 0.3) is 11.8 Å². The van der Waals surface area contributed by atoms with E-state index in [1.807, 2.05) is 12.1 Å². The van der Waals surface area contributed by atoms with E-state index in [9.17, 15) is 27.2 Å². The maximum absolute atomic E-state index is 13.9. The van der Waals surface area contributed by atoms with E-state index in [0.717, 1.165) is 43.5 Å². The van der Waals surface area contributed by atoms with Crippen LogP contribution in [0.25, 0.3) is 0 Å².